The smallest absolute Gasteiger partial charge is 0.255 e. The first-order chi connectivity index (χ1) is 13.4. The number of hydrogen-bond donors (Lipinski definition) is 2. The van der Waals surface area contributed by atoms with Crippen molar-refractivity contribution in [2.24, 2.45) is 0 Å². The monoisotopic (exact) mass is 375 g/mol. The first kappa shape index (κ1) is 19.1. The standard InChI is InChI=1S/C22H21N3O3/c1-15-3-8-19(9-4-15)24-22(28)17-6-10-18(11-7-17)23-20(26)14-25-13-16(2)5-12-21(25)27/h3-13H,14H2,1-2H3,(H,23,26)(H,24,28). The average molecular weight is 375 g/mol. The third-order valence-corrected chi connectivity index (χ3v) is 4.19. The van der Waals surface area contributed by atoms with Gasteiger partial charge in [0.05, 0.1) is 0 Å². The minimum absolute atomic E-state index is 0.0732. The highest BCUT2D eigenvalue weighted by Crippen LogP contribution is 2.13. The van der Waals surface area contributed by atoms with Crippen LogP contribution in [0.15, 0.2) is 71.7 Å². The number of carbonyl (C=O) groups excluding carboxylic acids is 2. The Bertz CT molecular complexity index is 1050. The Hall–Kier alpha value is -3.67. The van der Waals surface area contributed by atoms with Crippen LogP contribution in [0.3, 0.4) is 0 Å². The molecule has 0 aliphatic carbocycles. The van der Waals surface area contributed by atoms with Crippen molar-refractivity contribution in [3.63, 3.8) is 0 Å². The highest BCUT2D eigenvalue weighted by molar-refractivity contribution is 6.04. The van der Waals surface area contributed by atoms with Crippen LogP contribution in [-0.4, -0.2) is 16.4 Å². The van der Waals surface area contributed by atoms with Crippen LogP contribution in [-0.2, 0) is 11.3 Å². The van der Waals surface area contributed by atoms with Gasteiger partial charge in [0.1, 0.15) is 6.54 Å². The van der Waals surface area contributed by atoms with Gasteiger partial charge in [0.25, 0.3) is 11.5 Å². The van der Waals surface area contributed by atoms with Crippen LogP contribution in [0, 0.1) is 13.8 Å². The molecule has 0 aliphatic heterocycles. The molecule has 2 N–H and O–H groups in total. The summed E-state index contributed by atoms with van der Waals surface area (Å²) in [4.78, 5) is 36.3. The van der Waals surface area contributed by atoms with Crippen molar-refractivity contribution in [3.05, 3.63) is 93.9 Å². The minimum atomic E-state index is -0.315. The number of nitrogens with one attached hydrogen (secondary N) is 2. The summed E-state index contributed by atoms with van der Waals surface area (Å²) in [5.74, 6) is -0.544. The van der Waals surface area contributed by atoms with Crippen LogP contribution in [0.5, 0.6) is 0 Å². The summed E-state index contributed by atoms with van der Waals surface area (Å²) in [7, 11) is 0. The first-order valence-corrected chi connectivity index (χ1v) is 8.86. The SMILES string of the molecule is Cc1ccc(NC(=O)c2ccc(NC(=O)Cn3cc(C)ccc3=O)cc2)cc1. The number of pyridine rings is 1. The predicted octanol–water partition coefficient (Wildman–Crippen LogP) is 3.36. The Morgan fingerprint density at radius 2 is 1.36 bits per heavy atom. The van der Waals surface area contributed by atoms with Crippen molar-refractivity contribution >= 4 is 23.2 Å². The lowest BCUT2D eigenvalue weighted by Gasteiger charge is -2.09. The molecule has 6 nitrogen and oxygen atoms in total. The maximum Gasteiger partial charge on any atom is 0.255 e. The summed E-state index contributed by atoms with van der Waals surface area (Å²) in [6, 6.07) is 17.3. The molecule has 0 aliphatic rings. The van der Waals surface area contributed by atoms with Crippen molar-refractivity contribution < 1.29 is 9.59 Å². The van der Waals surface area contributed by atoms with Crippen LogP contribution >= 0.6 is 0 Å². The molecule has 2 aromatic carbocycles. The quantitative estimate of drug-likeness (QED) is 0.718. The zero-order valence-corrected chi connectivity index (χ0v) is 15.7. The number of benzene rings is 2. The summed E-state index contributed by atoms with van der Waals surface area (Å²) in [5.41, 5.74) is 3.54. The molecule has 0 radical (unpaired) electrons. The Kier molecular flexibility index (Phi) is 5.69. The number of carbonyl (C=O) groups is 2. The Labute approximate surface area is 162 Å². The highest BCUT2D eigenvalue weighted by atomic mass is 16.2. The van der Waals surface area contributed by atoms with Gasteiger partial charge < -0.3 is 15.2 Å². The maximum absolute atomic E-state index is 12.3. The number of aryl methyl sites for hydroxylation is 2. The fraction of sp³-hybridized carbons (Fsp3) is 0.136. The van der Waals surface area contributed by atoms with Gasteiger partial charge in [-0.2, -0.15) is 0 Å². The molecule has 0 unspecified atom stereocenters. The molecule has 1 aromatic heterocycles. The molecule has 6 heteroatoms. The van der Waals surface area contributed by atoms with Gasteiger partial charge in [-0.05, 0) is 55.8 Å². The normalized spacial score (nSPS) is 10.4. The van der Waals surface area contributed by atoms with Gasteiger partial charge in [0.2, 0.25) is 5.91 Å². The summed E-state index contributed by atoms with van der Waals surface area (Å²) < 4.78 is 1.36. The molecule has 28 heavy (non-hydrogen) atoms. The molecule has 1 heterocycles. The third-order valence-electron chi connectivity index (χ3n) is 4.19. The zero-order chi connectivity index (χ0) is 20.1. The molecule has 0 saturated carbocycles. The molecule has 0 spiro atoms. The lowest BCUT2D eigenvalue weighted by Crippen LogP contribution is -2.26. The number of anilines is 2. The second-order valence-corrected chi connectivity index (χ2v) is 6.62. The van der Waals surface area contributed by atoms with E-state index in [0.717, 1.165) is 16.8 Å². The largest absolute Gasteiger partial charge is 0.325 e. The van der Waals surface area contributed by atoms with Crippen LogP contribution in [0.1, 0.15) is 21.5 Å². The summed E-state index contributed by atoms with van der Waals surface area (Å²) in [6.45, 7) is 3.76. The summed E-state index contributed by atoms with van der Waals surface area (Å²) in [5, 5.41) is 5.55. The van der Waals surface area contributed by atoms with Gasteiger partial charge in [0, 0.05) is 29.2 Å². The topological polar surface area (TPSA) is 80.2 Å². The van der Waals surface area contributed by atoms with Crippen LogP contribution < -0.4 is 16.2 Å². The molecular weight excluding hydrogens is 354 g/mol. The Morgan fingerprint density at radius 1 is 0.786 bits per heavy atom. The van der Waals surface area contributed by atoms with Gasteiger partial charge in [0.15, 0.2) is 0 Å². The van der Waals surface area contributed by atoms with Gasteiger partial charge >= 0.3 is 0 Å². The van der Waals surface area contributed by atoms with Crippen molar-refractivity contribution in [2.75, 3.05) is 10.6 Å². The van der Waals surface area contributed by atoms with E-state index in [1.165, 1.54) is 10.6 Å². The van der Waals surface area contributed by atoms with Gasteiger partial charge in [-0.1, -0.05) is 23.8 Å². The fourth-order valence-electron chi connectivity index (χ4n) is 2.67. The molecule has 0 bridgehead atoms. The van der Waals surface area contributed by atoms with E-state index in [0.29, 0.717) is 11.3 Å². The van der Waals surface area contributed by atoms with E-state index in [1.807, 2.05) is 38.1 Å². The molecule has 0 atom stereocenters. The molecular formula is C22H21N3O3. The number of nitrogens with zero attached hydrogens (tertiary/aromatic N) is 1. The van der Waals surface area contributed by atoms with Crippen molar-refractivity contribution in [1.82, 2.24) is 4.57 Å². The van der Waals surface area contributed by atoms with E-state index in [-0.39, 0.29) is 23.9 Å². The zero-order valence-electron chi connectivity index (χ0n) is 15.7. The second kappa shape index (κ2) is 8.35. The van der Waals surface area contributed by atoms with E-state index in [2.05, 4.69) is 10.6 Å². The minimum Gasteiger partial charge on any atom is -0.325 e. The molecule has 3 aromatic rings. The maximum atomic E-state index is 12.3. The lowest BCUT2D eigenvalue weighted by atomic mass is 10.1. The van der Waals surface area contributed by atoms with Gasteiger partial charge in [-0.15, -0.1) is 0 Å². The average Bonchev–Trinajstić information content (AvgIpc) is 2.67. The van der Waals surface area contributed by atoms with Crippen LogP contribution in [0.25, 0.3) is 0 Å². The molecule has 0 fully saturated rings. The fourth-order valence-corrected chi connectivity index (χ4v) is 2.67. The Morgan fingerprint density at radius 3 is 2.04 bits per heavy atom. The Balaban J connectivity index is 1.61. The van der Waals surface area contributed by atoms with E-state index < -0.39 is 0 Å². The number of rotatable bonds is 5. The van der Waals surface area contributed by atoms with Gasteiger partial charge in [-0.3, -0.25) is 14.4 Å². The highest BCUT2D eigenvalue weighted by Gasteiger charge is 2.08. The van der Waals surface area contributed by atoms with E-state index in [9.17, 15) is 14.4 Å². The first-order valence-electron chi connectivity index (χ1n) is 8.86. The van der Waals surface area contributed by atoms with Crippen molar-refractivity contribution in [1.29, 1.82) is 0 Å². The lowest BCUT2D eigenvalue weighted by molar-refractivity contribution is -0.116. The van der Waals surface area contributed by atoms with Crippen LogP contribution in [0.4, 0.5) is 11.4 Å². The summed E-state index contributed by atoms with van der Waals surface area (Å²) in [6.07, 6.45) is 1.64. The third kappa shape index (κ3) is 4.94. The van der Waals surface area contributed by atoms with E-state index >= 15 is 0 Å². The molecule has 3 rings (SSSR count). The molecule has 2 amide bonds. The van der Waals surface area contributed by atoms with Crippen molar-refractivity contribution in [3.8, 4) is 0 Å². The number of amides is 2. The summed E-state index contributed by atoms with van der Waals surface area (Å²) >= 11 is 0. The van der Waals surface area contributed by atoms with E-state index in [4.69, 9.17) is 0 Å². The van der Waals surface area contributed by atoms with Crippen LogP contribution in [0.2, 0.25) is 0 Å². The predicted molar refractivity (Wildman–Crippen MR) is 110 cm³/mol. The molecule has 142 valence electrons. The number of hydrogen-bond acceptors (Lipinski definition) is 3. The number of aromatic nitrogens is 1. The molecule has 0 saturated heterocycles. The van der Waals surface area contributed by atoms with E-state index in [1.54, 1.807) is 36.5 Å². The van der Waals surface area contributed by atoms with Crippen molar-refractivity contribution in [2.45, 2.75) is 20.4 Å². The van der Waals surface area contributed by atoms with Gasteiger partial charge in [-0.25, -0.2) is 0 Å². The second-order valence-electron chi connectivity index (χ2n) is 6.62.